The van der Waals surface area contributed by atoms with E-state index in [2.05, 4.69) is 47.1 Å². The lowest BCUT2D eigenvalue weighted by atomic mass is 9.94. The molecule has 0 spiro atoms. The third-order valence-electron chi connectivity index (χ3n) is 4.34. The zero-order valence-corrected chi connectivity index (χ0v) is 14.3. The summed E-state index contributed by atoms with van der Waals surface area (Å²) in [6.45, 7) is 3.29. The van der Waals surface area contributed by atoms with Crippen LogP contribution in [0.3, 0.4) is 0 Å². The molecule has 124 valence electrons. The molecule has 1 saturated carbocycles. The van der Waals surface area contributed by atoms with Gasteiger partial charge in [0.1, 0.15) is 0 Å². The van der Waals surface area contributed by atoms with E-state index in [9.17, 15) is 4.79 Å². The zero-order valence-electron chi connectivity index (χ0n) is 13.5. The van der Waals surface area contributed by atoms with Gasteiger partial charge in [-0.1, -0.05) is 43.2 Å². The first kappa shape index (κ1) is 18.9. The van der Waals surface area contributed by atoms with Crippen molar-refractivity contribution in [1.82, 2.24) is 16.0 Å². The first-order valence-corrected chi connectivity index (χ1v) is 7.89. The minimum atomic E-state index is 0. The maximum absolute atomic E-state index is 11.7. The fourth-order valence-corrected chi connectivity index (χ4v) is 3.20. The maximum atomic E-state index is 11.7. The Balaban J connectivity index is 0.00000242. The molecule has 1 aliphatic rings. The SMILES string of the molecule is CNCC(=O)NCC1(NC(C)c2ccccc2)CCCC1.Cl. The summed E-state index contributed by atoms with van der Waals surface area (Å²) in [6.07, 6.45) is 4.72. The van der Waals surface area contributed by atoms with Gasteiger partial charge < -0.3 is 16.0 Å². The van der Waals surface area contributed by atoms with E-state index < -0.39 is 0 Å². The van der Waals surface area contributed by atoms with Gasteiger partial charge in [0, 0.05) is 18.1 Å². The Hall–Kier alpha value is -1.10. The summed E-state index contributed by atoms with van der Waals surface area (Å²) in [5.74, 6) is 0.0675. The Labute approximate surface area is 139 Å². The average Bonchev–Trinajstić information content (AvgIpc) is 2.95. The van der Waals surface area contributed by atoms with Crippen LogP contribution in [0.25, 0.3) is 0 Å². The molecule has 0 heterocycles. The molecule has 0 aromatic heterocycles. The lowest BCUT2D eigenvalue weighted by molar-refractivity contribution is -0.120. The monoisotopic (exact) mass is 325 g/mol. The summed E-state index contributed by atoms with van der Waals surface area (Å²) in [5.41, 5.74) is 1.34. The molecule has 1 atom stereocenters. The number of likely N-dealkylation sites (N-methyl/N-ethyl adjacent to an activating group) is 1. The fourth-order valence-electron chi connectivity index (χ4n) is 3.20. The van der Waals surface area contributed by atoms with Crippen molar-refractivity contribution in [1.29, 1.82) is 0 Å². The molecule has 2 rings (SSSR count). The molecule has 1 aromatic rings. The van der Waals surface area contributed by atoms with Gasteiger partial charge in [-0.05, 0) is 32.4 Å². The first-order valence-electron chi connectivity index (χ1n) is 7.89. The molecule has 0 radical (unpaired) electrons. The van der Waals surface area contributed by atoms with Crippen LogP contribution >= 0.6 is 12.4 Å². The standard InChI is InChI=1S/C17H27N3O.ClH/c1-14(15-8-4-3-5-9-15)20-17(10-6-7-11-17)13-19-16(21)12-18-2;/h3-5,8-9,14,18,20H,6-7,10-13H2,1-2H3,(H,19,21);1H. The number of hydrogen-bond donors (Lipinski definition) is 3. The molecular weight excluding hydrogens is 298 g/mol. The second-order valence-corrected chi connectivity index (χ2v) is 6.07. The summed E-state index contributed by atoms with van der Waals surface area (Å²) >= 11 is 0. The Morgan fingerprint density at radius 1 is 1.23 bits per heavy atom. The Bertz CT molecular complexity index is 446. The molecule has 1 aliphatic carbocycles. The fraction of sp³-hybridized carbons (Fsp3) is 0.588. The third-order valence-corrected chi connectivity index (χ3v) is 4.34. The van der Waals surface area contributed by atoms with E-state index in [1.54, 1.807) is 7.05 Å². The van der Waals surface area contributed by atoms with Crippen molar-refractivity contribution in [3.63, 3.8) is 0 Å². The number of carbonyl (C=O) groups is 1. The number of benzene rings is 1. The van der Waals surface area contributed by atoms with E-state index in [1.807, 2.05) is 6.07 Å². The van der Waals surface area contributed by atoms with Crippen LogP contribution in [0.1, 0.15) is 44.2 Å². The van der Waals surface area contributed by atoms with E-state index in [4.69, 9.17) is 0 Å². The zero-order chi connectivity index (χ0) is 15.1. The van der Waals surface area contributed by atoms with Gasteiger partial charge in [-0.2, -0.15) is 0 Å². The first-order chi connectivity index (χ1) is 10.2. The largest absolute Gasteiger partial charge is 0.353 e. The van der Waals surface area contributed by atoms with E-state index in [0.29, 0.717) is 19.1 Å². The number of nitrogens with one attached hydrogen (secondary N) is 3. The van der Waals surface area contributed by atoms with Crippen LogP contribution in [0.2, 0.25) is 0 Å². The highest BCUT2D eigenvalue weighted by molar-refractivity contribution is 5.85. The topological polar surface area (TPSA) is 53.2 Å². The molecule has 0 aliphatic heterocycles. The summed E-state index contributed by atoms with van der Waals surface area (Å²) in [5, 5.41) is 9.72. The smallest absolute Gasteiger partial charge is 0.234 e. The molecule has 4 nitrogen and oxygen atoms in total. The van der Waals surface area contributed by atoms with Crippen LogP contribution in [-0.2, 0) is 4.79 Å². The number of amides is 1. The van der Waals surface area contributed by atoms with E-state index in [0.717, 1.165) is 12.8 Å². The van der Waals surface area contributed by atoms with Crippen LogP contribution < -0.4 is 16.0 Å². The average molecular weight is 326 g/mol. The molecule has 1 unspecified atom stereocenters. The minimum absolute atomic E-state index is 0. The Morgan fingerprint density at radius 2 is 1.86 bits per heavy atom. The van der Waals surface area contributed by atoms with Gasteiger partial charge >= 0.3 is 0 Å². The van der Waals surface area contributed by atoms with Crippen LogP contribution in [-0.4, -0.2) is 31.6 Å². The van der Waals surface area contributed by atoms with Crippen molar-refractivity contribution in [2.75, 3.05) is 20.1 Å². The number of rotatable bonds is 7. The molecule has 1 aromatic carbocycles. The molecule has 1 fully saturated rings. The summed E-state index contributed by atoms with van der Waals surface area (Å²) < 4.78 is 0. The van der Waals surface area contributed by atoms with E-state index in [1.165, 1.54) is 18.4 Å². The highest BCUT2D eigenvalue weighted by atomic mass is 35.5. The maximum Gasteiger partial charge on any atom is 0.234 e. The molecule has 22 heavy (non-hydrogen) atoms. The summed E-state index contributed by atoms with van der Waals surface area (Å²) in [6, 6.07) is 10.8. The molecule has 5 heteroatoms. The normalized spacial score (nSPS) is 17.5. The molecule has 0 bridgehead atoms. The highest BCUT2D eigenvalue weighted by Gasteiger charge is 2.35. The summed E-state index contributed by atoms with van der Waals surface area (Å²) in [7, 11) is 1.79. The lowest BCUT2D eigenvalue weighted by Crippen LogP contribution is -2.53. The van der Waals surface area contributed by atoms with Gasteiger partial charge in [0.25, 0.3) is 0 Å². The van der Waals surface area contributed by atoms with Crippen molar-refractivity contribution in [3.8, 4) is 0 Å². The number of halogens is 1. The Morgan fingerprint density at radius 3 is 2.45 bits per heavy atom. The number of hydrogen-bond acceptors (Lipinski definition) is 3. The molecule has 1 amide bonds. The van der Waals surface area contributed by atoms with Gasteiger partial charge in [0.2, 0.25) is 5.91 Å². The van der Waals surface area contributed by atoms with Crippen molar-refractivity contribution in [2.24, 2.45) is 0 Å². The van der Waals surface area contributed by atoms with E-state index >= 15 is 0 Å². The quantitative estimate of drug-likeness (QED) is 0.721. The second kappa shape index (κ2) is 9.13. The van der Waals surface area contributed by atoms with Crippen LogP contribution in [0.5, 0.6) is 0 Å². The lowest BCUT2D eigenvalue weighted by Gasteiger charge is -2.34. The van der Waals surface area contributed by atoms with Crippen LogP contribution in [0.15, 0.2) is 30.3 Å². The van der Waals surface area contributed by atoms with E-state index in [-0.39, 0.29) is 23.9 Å². The molecule has 0 saturated heterocycles. The van der Waals surface area contributed by atoms with Crippen LogP contribution in [0.4, 0.5) is 0 Å². The Kier molecular flexibility index (Phi) is 7.87. The van der Waals surface area contributed by atoms with Crippen molar-refractivity contribution < 1.29 is 4.79 Å². The summed E-state index contributed by atoms with van der Waals surface area (Å²) in [4.78, 5) is 11.7. The molecule has 3 N–H and O–H groups in total. The van der Waals surface area contributed by atoms with Gasteiger partial charge in [-0.15, -0.1) is 12.4 Å². The van der Waals surface area contributed by atoms with Crippen molar-refractivity contribution >= 4 is 18.3 Å². The van der Waals surface area contributed by atoms with Gasteiger partial charge in [-0.25, -0.2) is 0 Å². The third kappa shape index (κ3) is 5.27. The predicted molar refractivity (Wildman–Crippen MR) is 93.4 cm³/mol. The van der Waals surface area contributed by atoms with Crippen molar-refractivity contribution in [2.45, 2.75) is 44.2 Å². The van der Waals surface area contributed by atoms with Crippen LogP contribution in [0, 0.1) is 0 Å². The van der Waals surface area contributed by atoms with Gasteiger partial charge in [0.05, 0.1) is 6.54 Å². The number of carbonyl (C=O) groups excluding carboxylic acids is 1. The molecular formula is C17H28ClN3O. The minimum Gasteiger partial charge on any atom is -0.353 e. The predicted octanol–water partition coefficient (Wildman–Crippen LogP) is 2.41. The second-order valence-electron chi connectivity index (χ2n) is 6.07. The van der Waals surface area contributed by atoms with Gasteiger partial charge in [-0.3, -0.25) is 4.79 Å². The van der Waals surface area contributed by atoms with Crippen molar-refractivity contribution in [3.05, 3.63) is 35.9 Å². The highest BCUT2D eigenvalue weighted by Crippen LogP contribution is 2.31. The van der Waals surface area contributed by atoms with Gasteiger partial charge in [0.15, 0.2) is 0 Å².